The Morgan fingerprint density at radius 2 is 2.12 bits per heavy atom. The highest BCUT2D eigenvalue weighted by atomic mass is 16.6. The minimum Gasteiger partial charge on any atom is -0.459 e. The van der Waals surface area contributed by atoms with Crippen LogP contribution in [0.25, 0.3) is 10.4 Å². The fraction of sp³-hybridized carbons (Fsp3) is 0.909. The van der Waals surface area contributed by atoms with Gasteiger partial charge in [-0.25, -0.2) is 0 Å². The number of rotatable bonds is 3. The summed E-state index contributed by atoms with van der Waals surface area (Å²) in [5.74, 6) is -0.0201. The number of carbonyl (C=O) groups is 1. The number of carbonyl (C=O) groups excluding carboxylic acids is 1. The van der Waals surface area contributed by atoms with E-state index in [1.807, 2.05) is 13.8 Å². The van der Waals surface area contributed by atoms with Gasteiger partial charge in [0, 0.05) is 17.8 Å². The van der Waals surface area contributed by atoms with Crippen molar-refractivity contribution in [3.63, 3.8) is 0 Å². The molecule has 0 aromatic heterocycles. The summed E-state index contributed by atoms with van der Waals surface area (Å²) in [5, 5.41) is 3.58. The van der Waals surface area contributed by atoms with Crippen molar-refractivity contribution >= 4 is 5.97 Å². The molecule has 17 heavy (non-hydrogen) atoms. The molecule has 0 amide bonds. The van der Waals surface area contributed by atoms with Gasteiger partial charge in [0.05, 0.1) is 6.10 Å². The molecule has 1 saturated heterocycles. The molecular weight excluding hydrogens is 222 g/mol. The summed E-state index contributed by atoms with van der Waals surface area (Å²) in [4.78, 5) is 13.8. The van der Waals surface area contributed by atoms with Gasteiger partial charge in [-0.15, -0.1) is 0 Å². The standard InChI is InChI=1S/C11H19N3O3/c1-5-9-6(2)7(3)10(16-8(4)15)11(17-9)13-14-12/h6-7,9-11H,5H2,1-4H3. The predicted molar refractivity (Wildman–Crippen MR) is 62.0 cm³/mol. The molecule has 1 rings (SSSR count). The number of hydrogen-bond donors (Lipinski definition) is 0. The molecule has 0 radical (unpaired) electrons. The average molecular weight is 241 g/mol. The third kappa shape index (κ3) is 3.11. The molecule has 0 bridgehead atoms. The van der Waals surface area contributed by atoms with E-state index in [2.05, 4.69) is 16.9 Å². The number of hydrogen-bond acceptors (Lipinski definition) is 4. The zero-order valence-corrected chi connectivity index (χ0v) is 10.7. The molecule has 1 aliphatic heterocycles. The van der Waals surface area contributed by atoms with Crippen molar-refractivity contribution in [2.75, 3.05) is 0 Å². The van der Waals surface area contributed by atoms with Gasteiger partial charge in [0.1, 0.15) is 6.10 Å². The summed E-state index contributed by atoms with van der Waals surface area (Å²) < 4.78 is 10.9. The van der Waals surface area contributed by atoms with Crippen molar-refractivity contribution in [1.82, 2.24) is 0 Å². The lowest BCUT2D eigenvalue weighted by Gasteiger charge is -2.42. The van der Waals surface area contributed by atoms with E-state index in [9.17, 15) is 4.79 Å². The summed E-state index contributed by atoms with van der Waals surface area (Å²) in [6, 6.07) is 0. The van der Waals surface area contributed by atoms with Crippen molar-refractivity contribution in [3.8, 4) is 0 Å². The molecule has 0 N–H and O–H groups in total. The topological polar surface area (TPSA) is 84.3 Å². The Balaban J connectivity index is 2.90. The first-order valence-electron chi connectivity index (χ1n) is 5.88. The van der Waals surface area contributed by atoms with Crippen molar-refractivity contribution in [1.29, 1.82) is 0 Å². The van der Waals surface area contributed by atoms with E-state index in [0.717, 1.165) is 6.42 Å². The second kappa shape index (κ2) is 5.89. The zero-order chi connectivity index (χ0) is 13.0. The normalized spacial score (nSPS) is 37.1. The van der Waals surface area contributed by atoms with Gasteiger partial charge in [-0.05, 0) is 17.9 Å². The van der Waals surface area contributed by atoms with E-state index in [0.29, 0.717) is 0 Å². The van der Waals surface area contributed by atoms with Crippen molar-refractivity contribution in [3.05, 3.63) is 10.4 Å². The van der Waals surface area contributed by atoms with Gasteiger partial charge >= 0.3 is 5.97 Å². The fourth-order valence-corrected chi connectivity index (χ4v) is 2.25. The number of esters is 1. The van der Waals surface area contributed by atoms with Crippen LogP contribution in [0.4, 0.5) is 0 Å². The largest absolute Gasteiger partial charge is 0.459 e. The maximum atomic E-state index is 11.1. The molecular formula is C11H19N3O3. The second-order valence-corrected chi connectivity index (χ2v) is 4.47. The van der Waals surface area contributed by atoms with E-state index in [4.69, 9.17) is 15.0 Å². The minimum atomic E-state index is -0.722. The molecule has 0 saturated carbocycles. The van der Waals surface area contributed by atoms with Crippen LogP contribution in [0, 0.1) is 11.8 Å². The Morgan fingerprint density at radius 1 is 1.47 bits per heavy atom. The first-order chi connectivity index (χ1) is 8.01. The zero-order valence-electron chi connectivity index (χ0n) is 10.7. The Hall–Kier alpha value is -1.26. The minimum absolute atomic E-state index is 0.0345. The van der Waals surface area contributed by atoms with E-state index >= 15 is 0 Å². The molecule has 0 aromatic carbocycles. The Morgan fingerprint density at radius 3 is 2.59 bits per heavy atom. The first kappa shape index (κ1) is 13.8. The SMILES string of the molecule is CCC1OC(N=[N+]=[N-])C(OC(C)=O)C(C)C1C. The van der Waals surface area contributed by atoms with Crippen LogP contribution >= 0.6 is 0 Å². The van der Waals surface area contributed by atoms with Crippen LogP contribution in [0.2, 0.25) is 0 Å². The van der Waals surface area contributed by atoms with Crippen LogP contribution in [-0.4, -0.2) is 24.4 Å². The molecule has 1 aliphatic rings. The molecule has 1 fully saturated rings. The van der Waals surface area contributed by atoms with E-state index in [1.165, 1.54) is 6.92 Å². The fourth-order valence-electron chi connectivity index (χ4n) is 2.25. The first-order valence-corrected chi connectivity index (χ1v) is 5.88. The van der Waals surface area contributed by atoms with Gasteiger partial charge in [0.25, 0.3) is 0 Å². The molecule has 0 spiro atoms. The van der Waals surface area contributed by atoms with Gasteiger partial charge in [-0.1, -0.05) is 25.9 Å². The summed E-state index contributed by atoms with van der Waals surface area (Å²) in [7, 11) is 0. The lowest BCUT2D eigenvalue weighted by Crippen LogP contribution is -2.49. The second-order valence-electron chi connectivity index (χ2n) is 4.47. The molecule has 6 heteroatoms. The van der Waals surface area contributed by atoms with Gasteiger partial charge in [0.2, 0.25) is 0 Å². The molecule has 0 aromatic rings. The van der Waals surface area contributed by atoms with Crippen LogP contribution in [0.1, 0.15) is 34.1 Å². The number of ether oxygens (including phenoxy) is 2. The summed E-state index contributed by atoms with van der Waals surface area (Å²) in [6.45, 7) is 7.41. The summed E-state index contributed by atoms with van der Waals surface area (Å²) >= 11 is 0. The van der Waals surface area contributed by atoms with Gasteiger partial charge in [-0.2, -0.15) is 0 Å². The predicted octanol–water partition coefficient (Wildman–Crippen LogP) is 2.64. The lowest BCUT2D eigenvalue weighted by atomic mass is 9.82. The van der Waals surface area contributed by atoms with Crippen molar-refractivity contribution < 1.29 is 14.3 Å². The monoisotopic (exact) mass is 241 g/mol. The van der Waals surface area contributed by atoms with E-state index in [1.54, 1.807) is 0 Å². The Bertz CT molecular complexity index is 328. The maximum absolute atomic E-state index is 11.1. The molecule has 5 unspecified atom stereocenters. The molecule has 0 aliphatic carbocycles. The van der Waals surface area contributed by atoms with Crippen LogP contribution in [0.15, 0.2) is 5.11 Å². The lowest BCUT2D eigenvalue weighted by molar-refractivity contribution is -0.193. The Kier molecular flexibility index (Phi) is 4.78. The van der Waals surface area contributed by atoms with Crippen LogP contribution in [-0.2, 0) is 14.3 Å². The summed E-state index contributed by atoms with van der Waals surface area (Å²) in [6.07, 6.45) is -0.344. The highest BCUT2D eigenvalue weighted by Gasteiger charge is 2.42. The molecule has 96 valence electrons. The van der Waals surface area contributed by atoms with E-state index in [-0.39, 0.29) is 23.9 Å². The van der Waals surface area contributed by atoms with Gasteiger partial charge in [-0.3, -0.25) is 4.79 Å². The number of azide groups is 1. The third-order valence-electron chi connectivity index (χ3n) is 3.40. The van der Waals surface area contributed by atoms with Crippen LogP contribution in [0.5, 0.6) is 0 Å². The van der Waals surface area contributed by atoms with Gasteiger partial charge in [0.15, 0.2) is 6.23 Å². The average Bonchev–Trinajstić information content (AvgIpc) is 2.28. The molecule has 5 atom stereocenters. The highest BCUT2D eigenvalue weighted by molar-refractivity contribution is 5.66. The smallest absolute Gasteiger partial charge is 0.303 e. The maximum Gasteiger partial charge on any atom is 0.303 e. The van der Waals surface area contributed by atoms with E-state index < -0.39 is 12.3 Å². The quantitative estimate of drug-likeness (QED) is 0.329. The Labute approximate surface area is 101 Å². The van der Waals surface area contributed by atoms with Crippen molar-refractivity contribution in [2.45, 2.75) is 52.6 Å². The highest BCUT2D eigenvalue weighted by Crippen LogP contribution is 2.34. The van der Waals surface area contributed by atoms with Crippen molar-refractivity contribution in [2.24, 2.45) is 17.0 Å². The van der Waals surface area contributed by atoms with Crippen LogP contribution in [0.3, 0.4) is 0 Å². The summed E-state index contributed by atoms with van der Waals surface area (Å²) in [5.41, 5.74) is 8.52. The van der Waals surface area contributed by atoms with Crippen LogP contribution < -0.4 is 0 Å². The molecule has 1 heterocycles. The number of nitrogens with zero attached hydrogens (tertiary/aromatic N) is 3. The molecule has 6 nitrogen and oxygen atoms in total. The van der Waals surface area contributed by atoms with Gasteiger partial charge < -0.3 is 9.47 Å². The third-order valence-corrected chi connectivity index (χ3v) is 3.40.